The lowest BCUT2D eigenvalue weighted by atomic mass is 9.82. The highest BCUT2D eigenvalue weighted by atomic mass is 16.5. The van der Waals surface area contributed by atoms with E-state index in [4.69, 9.17) is 14.2 Å². The summed E-state index contributed by atoms with van der Waals surface area (Å²) in [6, 6.07) is 3.79. The summed E-state index contributed by atoms with van der Waals surface area (Å²) >= 11 is 0. The minimum atomic E-state index is 0.110. The van der Waals surface area contributed by atoms with Crippen molar-refractivity contribution in [1.82, 2.24) is 0 Å². The summed E-state index contributed by atoms with van der Waals surface area (Å²) in [5.74, 6) is 1.69. The van der Waals surface area contributed by atoms with Gasteiger partial charge in [0, 0.05) is 5.56 Å². The van der Waals surface area contributed by atoms with Gasteiger partial charge < -0.3 is 19.1 Å². The second-order valence-corrected chi connectivity index (χ2v) is 6.03. The normalized spacial score (nSPS) is 22.3. The molecule has 1 aliphatic carbocycles. The topological polar surface area (TPSA) is 49.2 Å². The molecule has 0 radical (unpaired) electrons. The Morgan fingerprint density at radius 3 is 2.55 bits per heavy atom. The Hall–Kier alpha value is -1.59. The largest absolute Gasteiger partial charge is 0.493 e. The number of hydrogen-bond donors (Lipinski definition) is 1. The van der Waals surface area contributed by atoms with E-state index in [9.17, 15) is 4.79 Å². The van der Waals surface area contributed by atoms with Crippen molar-refractivity contribution >= 4 is 5.78 Å². The van der Waals surface area contributed by atoms with Gasteiger partial charge in [-0.2, -0.15) is 0 Å². The first kappa shape index (κ1) is 15.3. The van der Waals surface area contributed by atoms with Crippen molar-refractivity contribution < 1.29 is 23.9 Å². The summed E-state index contributed by atoms with van der Waals surface area (Å²) in [5, 5.41) is 0. The fraction of sp³-hybridized carbons (Fsp3) is 0.588. The molecule has 0 spiro atoms. The number of benzene rings is 1. The van der Waals surface area contributed by atoms with Crippen LogP contribution in [-0.2, 0) is 11.2 Å². The van der Waals surface area contributed by atoms with Crippen LogP contribution in [0.5, 0.6) is 11.5 Å². The summed E-state index contributed by atoms with van der Waals surface area (Å²) < 4.78 is 16.1. The quantitative estimate of drug-likeness (QED) is 0.873. The van der Waals surface area contributed by atoms with Crippen LogP contribution in [0.15, 0.2) is 12.1 Å². The van der Waals surface area contributed by atoms with E-state index in [0.717, 1.165) is 56.8 Å². The highest BCUT2D eigenvalue weighted by Crippen LogP contribution is 2.35. The van der Waals surface area contributed by atoms with Crippen LogP contribution in [-0.4, -0.2) is 52.9 Å². The molecule has 5 nitrogen and oxygen atoms in total. The van der Waals surface area contributed by atoms with E-state index < -0.39 is 0 Å². The van der Waals surface area contributed by atoms with Crippen molar-refractivity contribution in [2.45, 2.75) is 12.8 Å². The number of hydrogen-bond acceptors (Lipinski definition) is 4. The number of morpholine rings is 1. The third-order valence-electron chi connectivity index (χ3n) is 4.74. The van der Waals surface area contributed by atoms with Gasteiger partial charge in [-0.1, -0.05) is 0 Å². The number of rotatable bonds is 4. The molecule has 1 unspecified atom stereocenters. The lowest BCUT2D eigenvalue weighted by Gasteiger charge is -2.30. The zero-order chi connectivity index (χ0) is 15.5. The van der Waals surface area contributed by atoms with E-state index in [1.807, 2.05) is 12.1 Å². The number of nitrogens with one attached hydrogen (secondary N) is 1. The van der Waals surface area contributed by atoms with Gasteiger partial charge in [-0.05, 0) is 30.5 Å². The van der Waals surface area contributed by atoms with Crippen molar-refractivity contribution in [3.8, 4) is 11.5 Å². The molecule has 1 aromatic carbocycles. The van der Waals surface area contributed by atoms with Gasteiger partial charge in [0.2, 0.25) is 0 Å². The smallest absolute Gasteiger partial charge is 0.171 e. The molecule has 2 aliphatic rings. The first-order valence-electron chi connectivity index (χ1n) is 7.93. The van der Waals surface area contributed by atoms with Gasteiger partial charge in [0.05, 0.1) is 39.9 Å². The fourth-order valence-corrected chi connectivity index (χ4v) is 3.45. The molecule has 1 heterocycles. The highest BCUT2D eigenvalue weighted by Gasteiger charge is 2.32. The summed E-state index contributed by atoms with van der Waals surface area (Å²) in [7, 11) is 3.23. The molecular formula is C17H24NO4+. The maximum Gasteiger partial charge on any atom is 0.171 e. The monoisotopic (exact) mass is 306 g/mol. The van der Waals surface area contributed by atoms with Gasteiger partial charge in [-0.15, -0.1) is 0 Å². The van der Waals surface area contributed by atoms with E-state index >= 15 is 0 Å². The molecule has 3 rings (SSSR count). The van der Waals surface area contributed by atoms with Crippen LogP contribution in [0, 0.1) is 5.92 Å². The molecule has 0 aromatic heterocycles. The lowest BCUT2D eigenvalue weighted by molar-refractivity contribution is -0.910. The number of carbonyl (C=O) groups excluding carboxylic acids is 1. The molecule has 5 heteroatoms. The third kappa shape index (κ3) is 2.96. The van der Waals surface area contributed by atoms with Crippen molar-refractivity contribution in [1.29, 1.82) is 0 Å². The van der Waals surface area contributed by atoms with Crippen LogP contribution in [0.25, 0.3) is 0 Å². The van der Waals surface area contributed by atoms with E-state index in [-0.39, 0.29) is 11.7 Å². The number of methoxy groups -OCH3 is 2. The number of ketones is 1. The number of fused-ring (bicyclic) bond motifs is 1. The third-order valence-corrected chi connectivity index (χ3v) is 4.74. The number of ether oxygens (including phenoxy) is 3. The summed E-state index contributed by atoms with van der Waals surface area (Å²) in [5.41, 5.74) is 1.89. The molecule has 1 aliphatic heterocycles. The van der Waals surface area contributed by atoms with Crippen molar-refractivity contribution in [2.75, 3.05) is 47.1 Å². The number of aryl methyl sites for hydroxylation is 1. The van der Waals surface area contributed by atoms with Crippen LogP contribution >= 0.6 is 0 Å². The molecule has 1 N–H and O–H groups in total. The van der Waals surface area contributed by atoms with Crippen LogP contribution in [0.3, 0.4) is 0 Å². The first-order chi connectivity index (χ1) is 10.7. The van der Waals surface area contributed by atoms with E-state index in [1.54, 1.807) is 14.2 Å². The average Bonchev–Trinajstić information content (AvgIpc) is 2.57. The Morgan fingerprint density at radius 2 is 1.86 bits per heavy atom. The summed E-state index contributed by atoms with van der Waals surface area (Å²) in [4.78, 5) is 14.3. The second-order valence-electron chi connectivity index (χ2n) is 6.03. The van der Waals surface area contributed by atoms with Crippen LogP contribution in [0.4, 0.5) is 0 Å². The van der Waals surface area contributed by atoms with Gasteiger partial charge in [0.1, 0.15) is 13.1 Å². The van der Waals surface area contributed by atoms with Gasteiger partial charge >= 0.3 is 0 Å². The van der Waals surface area contributed by atoms with Gasteiger partial charge in [-0.25, -0.2) is 0 Å². The molecule has 0 saturated carbocycles. The number of carbonyl (C=O) groups is 1. The summed E-state index contributed by atoms with van der Waals surface area (Å²) in [6.07, 6.45) is 1.85. The van der Waals surface area contributed by atoms with Crippen LogP contribution in [0.1, 0.15) is 22.3 Å². The van der Waals surface area contributed by atoms with Gasteiger partial charge in [-0.3, -0.25) is 4.79 Å². The molecule has 22 heavy (non-hydrogen) atoms. The predicted octanol–water partition coefficient (Wildman–Crippen LogP) is 0.364. The predicted molar refractivity (Wildman–Crippen MR) is 82.1 cm³/mol. The SMILES string of the molecule is COc1cc2c(cc1OC)C(=O)C(C[NH+]1CCOCC1)CC2. The molecule has 1 fully saturated rings. The zero-order valence-electron chi connectivity index (χ0n) is 13.3. The maximum absolute atomic E-state index is 12.8. The van der Waals surface area contributed by atoms with E-state index in [1.165, 1.54) is 4.90 Å². The second kappa shape index (κ2) is 6.67. The molecule has 120 valence electrons. The Labute approximate surface area is 131 Å². The van der Waals surface area contributed by atoms with Crippen molar-refractivity contribution in [3.63, 3.8) is 0 Å². The Morgan fingerprint density at radius 1 is 1.18 bits per heavy atom. The number of Topliss-reactive ketones (excluding diaryl/α,β-unsaturated/α-hetero) is 1. The standard InChI is InChI=1S/C17H23NO4/c1-20-15-9-12-3-4-13(11-18-5-7-22-8-6-18)17(19)14(12)10-16(15)21-2/h9-10,13H,3-8,11H2,1-2H3/p+1. The zero-order valence-corrected chi connectivity index (χ0v) is 13.3. The summed E-state index contributed by atoms with van der Waals surface area (Å²) in [6.45, 7) is 4.52. The first-order valence-corrected chi connectivity index (χ1v) is 7.93. The Kier molecular flexibility index (Phi) is 4.64. The van der Waals surface area contributed by atoms with Gasteiger partial charge in [0.25, 0.3) is 0 Å². The van der Waals surface area contributed by atoms with E-state index in [2.05, 4.69) is 0 Å². The number of quaternary nitrogens is 1. The Balaban J connectivity index is 1.79. The van der Waals surface area contributed by atoms with Crippen molar-refractivity contribution in [2.24, 2.45) is 5.92 Å². The molecule has 1 aromatic rings. The Bertz CT molecular complexity index is 552. The average molecular weight is 306 g/mol. The van der Waals surface area contributed by atoms with Gasteiger partial charge in [0.15, 0.2) is 17.3 Å². The maximum atomic E-state index is 12.8. The fourth-order valence-electron chi connectivity index (χ4n) is 3.45. The lowest BCUT2D eigenvalue weighted by Crippen LogP contribution is -3.14. The molecule has 0 bridgehead atoms. The van der Waals surface area contributed by atoms with Crippen LogP contribution in [0.2, 0.25) is 0 Å². The molecular weight excluding hydrogens is 282 g/mol. The van der Waals surface area contributed by atoms with E-state index in [0.29, 0.717) is 11.5 Å². The molecule has 1 saturated heterocycles. The van der Waals surface area contributed by atoms with Crippen LogP contribution < -0.4 is 14.4 Å². The minimum Gasteiger partial charge on any atom is -0.493 e. The van der Waals surface area contributed by atoms with Crippen molar-refractivity contribution in [3.05, 3.63) is 23.3 Å². The molecule has 1 atom stereocenters. The molecule has 0 amide bonds. The highest BCUT2D eigenvalue weighted by molar-refractivity contribution is 6.01. The minimum absolute atomic E-state index is 0.110.